The lowest BCUT2D eigenvalue weighted by atomic mass is 9.93. The van der Waals surface area contributed by atoms with Gasteiger partial charge in [-0.3, -0.25) is 9.36 Å². The van der Waals surface area contributed by atoms with Crippen LogP contribution in [0, 0.1) is 11.6 Å². The number of fused-ring (bicyclic) bond motifs is 1. The number of halogens is 2. The largest absolute Gasteiger partial charge is 0.493 e. The predicted molar refractivity (Wildman–Crippen MR) is 171 cm³/mol. The van der Waals surface area contributed by atoms with Crippen LogP contribution in [0.15, 0.2) is 112 Å². The van der Waals surface area contributed by atoms with E-state index in [1.54, 1.807) is 55.5 Å². The van der Waals surface area contributed by atoms with Crippen molar-refractivity contribution in [2.24, 2.45) is 4.99 Å². The van der Waals surface area contributed by atoms with Crippen molar-refractivity contribution in [3.05, 3.63) is 156 Å². The lowest BCUT2D eigenvalue weighted by molar-refractivity contribution is -0.138. The Bertz CT molecular complexity index is 2110. The van der Waals surface area contributed by atoms with Gasteiger partial charge in [-0.2, -0.15) is 0 Å². The smallest absolute Gasteiger partial charge is 0.338 e. The zero-order chi connectivity index (χ0) is 32.2. The van der Waals surface area contributed by atoms with Crippen LogP contribution >= 0.6 is 11.3 Å². The van der Waals surface area contributed by atoms with Crippen molar-refractivity contribution in [2.75, 3.05) is 13.7 Å². The fourth-order valence-electron chi connectivity index (χ4n) is 5.19. The van der Waals surface area contributed by atoms with Crippen LogP contribution in [0.4, 0.5) is 8.78 Å². The van der Waals surface area contributed by atoms with Crippen LogP contribution in [0.2, 0.25) is 0 Å². The van der Waals surface area contributed by atoms with E-state index >= 15 is 0 Å². The molecule has 5 aromatic rings. The normalized spacial score (nSPS) is 14.4. The van der Waals surface area contributed by atoms with Crippen LogP contribution in [0.1, 0.15) is 35.2 Å². The minimum Gasteiger partial charge on any atom is -0.493 e. The van der Waals surface area contributed by atoms with E-state index in [1.165, 1.54) is 47.3 Å². The highest BCUT2D eigenvalue weighted by atomic mass is 32.1. The highest BCUT2D eigenvalue weighted by Crippen LogP contribution is 2.35. The molecule has 232 valence electrons. The minimum absolute atomic E-state index is 0.121. The van der Waals surface area contributed by atoms with Crippen molar-refractivity contribution in [1.82, 2.24) is 4.57 Å². The van der Waals surface area contributed by atoms with E-state index in [-0.39, 0.29) is 30.2 Å². The Morgan fingerprint density at radius 1 is 0.935 bits per heavy atom. The summed E-state index contributed by atoms with van der Waals surface area (Å²) in [5, 5.41) is 0. The number of ether oxygens (including phenoxy) is 3. The molecule has 1 atom stereocenters. The van der Waals surface area contributed by atoms with Gasteiger partial charge in [0.1, 0.15) is 18.2 Å². The number of rotatable bonds is 9. The van der Waals surface area contributed by atoms with Gasteiger partial charge in [0.25, 0.3) is 5.56 Å². The Kier molecular flexibility index (Phi) is 8.89. The SMILES string of the molecule is CCOC(=O)C1=C(c2ccccc2)N=c2s/c(=C\c3ccc(OCc4ccc(F)cc4)c(OC)c3)c(=O)n2[C@H]1c1ccc(F)cc1. The van der Waals surface area contributed by atoms with Gasteiger partial charge < -0.3 is 14.2 Å². The number of carbonyl (C=O) groups excluding carboxylic acids is 1. The second kappa shape index (κ2) is 13.3. The Balaban J connectivity index is 1.46. The number of thiazole rings is 1. The lowest BCUT2D eigenvalue weighted by Crippen LogP contribution is -2.40. The fourth-order valence-corrected chi connectivity index (χ4v) is 6.19. The molecule has 0 saturated heterocycles. The topological polar surface area (TPSA) is 79.1 Å². The third-order valence-corrected chi connectivity index (χ3v) is 8.34. The van der Waals surface area contributed by atoms with E-state index < -0.39 is 17.8 Å². The molecule has 0 N–H and O–H groups in total. The van der Waals surface area contributed by atoms with Gasteiger partial charge in [-0.05, 0) is 66.1 Å². The predicted octanol–water partition coefficient (Wildman–Crippen LogP) is 5.80. The quantitative estimate of drug-likeness (QED) is 0.191. The second-order valence-electron chi connectivity index (χ2n) is 10.3. The summed E-state index contributed by atoms with van der Waals surface area (Å²) in [6, 6.07) is 25.3. The molecule has 0 spiro atoms. The van der Waals surface area contributed by atoms with E-state index in [0.29, 0.717) is 43.2 Å². The van der Waals surface area contributed by atoms with Gasteiger partial charge in [-0.15, -0.1) is 0 Å². The molecule has 0 radical (unpaired) electrons. The zero-order valence-electron chi connectivity index (χ0n) is 24.9. The van der Waals surface area contributed by atoms with Crippen molar-refractivity contribution in [3.8, 4) is 11.5 Å². The van der Waals surface area contributed by atoms with Crippen molar-refractivity contribution < 1.29 is 27.8 Å². The van der Waals surface area contributed by atoms with Gasteiger partial charge in [0.05, 0.1) is 35.6 Å². The highest BCUT2D eigenvalue weighted by Gasteiger charge is 2.35. The summed E-state index contributed by atoms with van der Waals surface area (Å²) in [4.78, 5) is 32.8. The van der Waals surface area contributed by atoms with E-state index in [9.17, 15) is 18.4 Å². The fraction of sp³-hybridized carbons (Fsp3) is 0.139. The molecule has 0 aliphatic carbocycles. The van der Waals surface area contributed by atoms with Gasteiger partial charge in [0, 0.05) is 5.56 Å². The van der Waals surface area contributed by atoms with Gasteiger partial charge in [0.2, 0.25) is 0 Å². The molecule has 10 heteroatoms. The molecule has 1 aliphatic heterocycles. The van der Waals surface area contributed by atoms with Gasteiger partial charge in [-0.1, -0.05) is 72.0 Å². The summed E-state index contributed by atoms with van der Waals surface area (Å²) < 4.78 is 46.0. The first-order chi connectivity index (χ1) is 22.4. The first kappa shape index (κ1) is 30.7. The minimum atomic E-state index is -0.912. The van der Waals surface area contributed by atoms with Crippen molar-refractivity contribution in [3.63, 3.8) is 0 Å². The van der Waals surface area contributed by atoms with E-state index in [4.69, 9.17) is 19.2 Å². The standard InChI is InChI=1S/C36H28F2N2O5S/c1-3-44-35(42)31-32(24-7-5-4-6-8-24)39-36-40(33(31)25-12-16-27(38)17-13-25)34(41)30(46-36)20-23-11-18-28(29(19-23)43-2)45-21-22-9-14-26(37)15-10-22/h4-20,33H,3,21H2,1-2H3/b30-20-/t33-/m0/s1. The van der Waals surface area contributed by atoms with Crippen LogP contribution in [0.3, 0.4) is 0 Å². The Morgan fingerprint density at radius 3 is 2.30 bits per heavy atom. The van der Waals surface area contributed by atoms with Gasteiger partial charge >= 0.3 is 5.97 Å². The Morgan fingerprint density at radius 2 is 1.63 bits per heavy atom. The number of hydrogen-bond acceptors (Lipinski definition) is 7. The summed E-state index contributed by atoms with van der Waals surface area (Å²) >= 11 is 1.18. The monoisotopic (exact) mass is 638 g/mol. The Hall–Kier alpha value is -5.35. The van der Waals surface area contributed by atoms with Gasteiger partial charge in [0.15, 0.2) is 16.3 Å². The number of benzene rings is 4. The van der Waals surface area contributed by atoms with Crippen molar-refractivity contribution in [2.45, 2.75) is 19.6 Å². The molecular weight excluding hydrogens is 610 g/mol. The maximum atomic E-state index is 14.1. The molecule has 4 aromatic carbocycles. The molecule has 0 unspecified atom stereocenters. The van der Waals surface area contributed by atoms with Crippen LogP contribution in [0.25, 0.3) is 11.8 Å². The number of nitrogens with zero attached hydrogens (tertiary/aromatic N) is 2. The molecule has 7 nitrogen and oxygen atoms in total. The zero-order valence-corrected chi connectivity index (χ0v) is 25.7. The molecule has 1 aromatic heterocycles. The summed E-state index contributed by atoms with van der Waals surface area (Å²) in [6.45, 7) is 2.04. The van der Waals surface area contributed by atoms with Crippen LogP contribution in [-0.2, 0) is 16.1 Å². The molecule has 46 heavy (non-hydrogen) atoms. The van der Waals surface area contributed by atoms with Crippen molar-refractivity contribution in [1.29, 1.82) is 0 Å². The third-order valence-electron chi connectivity index (χ3n) is 7.35. The summed E-state index contributed by atoms with van der Waals surface area (Å²) in [5.74, 6) is -0.458. The average molecular weight is 639 g/mol. The number of hydrogen-bond donors (Lipinski definition) is 0. The molecule has 0 bridgehead atoms. The summed E-state index contributed by atoms with van der Waals surface area (Å²) in [5.41, 5.74) is 2.86. The molecule has 0 saturated carbocycles. The first-order valence-corrected chi connectivity index (χ1v) is 15.3. The average Bonchev–Trinajstić information content (AvgIpc) is 3.38. The molecule has 0 amide bonds. The maximum absolute atomic E-state index is 14.1. The first-order valence-electron chi connectivity index (χ1n) is 14.5. The molecule has 1 aliphatic rings. The van der Waals surface area contributed by atoms with E-state index in [0.717, 1.165) is 5.56 Å². The lowest BCUT2D eigenvalue weighted by Gasteiger charge is -2.25. The summed E-state index contributed by atoms with van der Waals surface area (Å²) in [6.07, 6.45) is 1.72. The Labute approximate surface area is 267 Å². The number of aromatic nitrogens is 1. The third kappa shape index (κ3) is 6.25. The molecule has 2 heterocycles. The number of carbonyl (C=O) groups is 1. The maximum Gasteiger partial charge on any atom is 0.338 e. The molecular formula is C36H28F2N2O5S. The van der Waals surface area contributed by atoms with Crippen molar-refractivity contribution >= 4 is 29.1 Å². The number of esters is 1. The van der Waals surface area contributed by atoms with Crippen LogP contribution in [0.5, 0.6) is 11.5 Å². The van der Waals surface area contributed by atoms with Crippen LogP contribution < -0.4 is 24.4 Å². The molecule has 0 fully saturated rings. The highest BCUT2D eigenvalue weighted by molar-refractivity contribution is 7.07. The molecule has 6 rings (SSSR count). The summed E-state index contributed by atoms with van der Waals surface area (Å²) in [7, 11) is 1.52. The second-order valence-corrected chi connectivity index (χ2v) is 11.3. The van der Waals surface area contributed by atoms with E-state index in [2.05, 4.69) is 0 Å². The van der Waals surface area contributed by atoms with E-state index in [1.807, 2.05) is 30.3 Å². The number of methoxy groups -OCH3 is 1. The van der Waals surface area contributed by atoms with Gasteiger partial charge in [-0.25, -0.2) is 18.6 Å². The van der Waals surface area contributed by atoms with Crippen LogP contribution in [-0.4, -0.2) is 24.3 Å².